The molecule has 3 heterocycles. The van der Waals surface area contributed by atoms with Crippen molar-refractivity contribution in [2.45, 2.75) is 51.0 Å². The minimum absolute atomic E-state index is 0. The van der Waals surface area contributed by atoms with Crippen molar-refractivity contribution in [1.82, 2.24) is 20.5 Å². The SMILES string of the molecule is CCc1cnc(CCNC(=NC)NCC2(N3CCCC3)CCOCC2)s1.I. The first-order valence-corrected chi connectivity index (χ1v) is 10.8. The number of nitrogens with one attached hydrogen (secondary N) is 2. The van der Waals surface area contributed by atoms with Gasteiger partial charge in [-0.05, 0) is 45.2 Å². The average molecular weight is 507 g/mol. The lowest BCUT2D eigenvalue weighted by molar-refractivity contribution is -0.0164. The van der Waals surface area contributed by atoms with Gasteiger partial charge in [0, 0.05) is 56.4 Å². The quantitative estimate of drug-likeness (QED) is 0.338. The summed E-state index contributed by atoms with van der Waals surface area (Å²) in [6.45, 7) is 8.15. The van der Waals surface area contributed by atoms with Crippen molar-refractivity contribution in [3.05, 3.63) is 16.1 Å². The van der Waals surface area contributed by atoms with E-state index in [-0.39, 0.29) is 29.5 Å². The van der Waals surface area contributed by atoms with E-state index >= 15 is 0 Å². The highest BCUT2D eigenvalue weighted by Gasteiger charge is 2.39. The molecule has 0 saturated carbocycles. The van der Waals surface area contributed by atoms with Gasteiger partial charge in [0.05, 0.1) is 5.01 Å². The predicted octanol–water partition coefficient (Wildman–Crippen LogP) is 2.68. The number of guanidine groups is 1. The predicted molar refractivity (Wildman–Crippen MR) is 124 cm³/mol. The van der Waals surface area contributed by atoms with E-state index in [1.54, 1.807) is 0 Å². The maximum absolute atomic E-state index is 5.64. The van der Waals surface area contributed by atoms with Crippen molar-refractivity contribution < 1.29 is 4.74 Å². The third-order valence-corrected chi connectivity index (χ3v) is 6.79. The van der Waals surface area contributed by atoms with Crippen molar-refractivity contribution >= 4 is 41.3 Å². The summed E-state index contributed by atoms with van der Waals surface area (Å²) in [7, 11) is 1.85. The highest BCUT2D eigenvalue weighted by Crippen LogP contribution is 2.30. The van der Waals surface area contributed by atoms with Crippen LogP contribution in [0.25, 0.3) is 0 Å². The first kappa shape index (κ1) is 22.8. The van der Waals surface area contributed by atoms with E-state index in [1.165, 1.54) is 35.8 Å². The standard InChI is InChI=1S/C19H33N5OS.HI/c1-3-16-14-22-17(26-16)6-9-21-18(20-2)23-15-19(7-12-25-13-8-19)24-10-4-5-11-24;/h14H,3-13,15H2,1-2H3,(H2,20,21,23);1H. The smallest absolute Gasteiger partial charge is 0.191 e. The molecule has 2 fully saturated rings. The Balaban J connectivity index is 0.00000261. The molecule has 2 aliphatic rings. The molecule has 0 unspecified atom stereocenters. The van der Waals surface area contributed by atoms with Crippen molar-refractivity contribution in [3.63, 3.8) is 0 Å². The Labute approximate surface area is 184 Å². The second kappa shape index (κ2) is 11.5. The fourth-order valence-electron chi connectivity index (χ4n) is 3.93. The van der Waals surface area contributed by atoms with Gasteiger partial charge in [0.25, 0.3) is 0 Å². The number of nitrogens with zero attached hydrogens (tertiary/aromatic N) is 3. The van der Waals surface area contributed by atoms with Crippen LogP contribution in [-0.4, -0.2) is 67.8 Å². The molecule has 8 heteroatoms. The number of thiazole rings is 1. The number of likely N-dealkylation sites (tertiary alicyclic amines) is 1. The highest BCUT2D eigenvalue weighted by molar-refractivity contribution is 14.0. The van der Waals surface area contributed by atoms with E-state index in [2.05, 4.69) is 32.4 Å². The van der Waals surface area contributed by atoms with Crippen LogP contribution < -0.4 is 10.6 Å². The molecule has 2 saturated heterocycles. The van der Waals surface area contributed by atoms with Crippen molar-refractivity contribution in [2.24, 2.45) is 4.99 Å². The van der Waals surface area contributed by atoms with Crippen LogP contribution in [0.1, 0.15) is 42.5 Å². The summed E-state index contributed by atoms with van der Waals surface area (Å²) in [4.78, 5) is 12.9. The fraction of sp³-hybridized carbons (Fsp3) is 0.789. The van der Waals surface area contributed by atoms with Gasteiger partial charge in [0.2, 0.25) is 0 Å². The van der Waals surface area contributed by atoms with E-state index in [1.807, 2.05) is 24.6 Å². The molecule has 0 radical (unpaired) electrons. The first-order chi connectivity index (χ1) is 12.8. The van der Waals surface area contributed by atoms with E-state index in [4.69, 9.17) is 4.74 Å². The summed E-state index contributed by atoms with van der Waals surface area (Å²) >= 11 is 1.81. The van der Waals surface area contributed by atoms with Crippen LogP contribution in [0.4, 0.5) is 0 Å². The molecule has 1 aromatic rings. The molecule has 0 spiro atoms. The lowest BCUT2D eigenvalue weighted by Crippen LogP contribution is -2.58. The molecule has 27 heavy (non-hydrogen) atoms. The van der Waals surface area contributed by atoms with Crippen LogP contribution in [0.2, 0.25) is 0 Å². The minimum atomic E-state index is 0. The number of aliphatic imine (C=N–C) groups is 1. The Hall–Kier alpha value is -0.450. The van der Waals surface area contributed by atoms with Crippen LogP contribution in [0.3, 0.4) is 0 Å². The normalized spacial score (nSPS) is 20.3. The Morgan fingerprint density at radius 1 is 1.30 bits per heavy atom. The monoisotopic (exact) mass is 507 g/mol. The molecule has 3 rings (SSSR count). The van der Waals surface area contributed by atoms with Gasteiger partial charge in [0.15, 0.2) is 5.96 Å². The maximum Gasteiger partial charge on any atom is 0.191 e. The summed E-state index contributed by atoms with van der Waals surface area (Å²) in [6, 6.07) is 0. The highest BCUT2D eigenvalue weighted by atomic mass is 127. The van der Waals surface area contributed by atoms with Crippen LogP contribution in [0.5, 0.6) is 0 Å². The van der Waals surface area contributed by atoms with Gasteiger partial charge in [-0.3, -0.25) is 9.89 Å². The maximum atomic E-state index is 5.64. The molecule has 6 nitrogen and oxygen atoms in total. The van der Waals surface area contributed by atoms with Gasteiger partial charge >= 0.3 is 0 Å². The lowest BCUT2D eigenvalue weighted by Gasteiger charge is -2.45. The third-order valence-electron chi connectivity index (χ3n) is 5.59. The second-order valence-corrected chi connectivity index (χ2v) is 8.41. The van der Waals surface area contributed by atoms with Gasteiger partial charge < -0.3 is 15.4 Å². The molecule has 1 aromatic heterocycles. The fourth-order valence-corrected chi connectivity index (χ4v) is 4.79. The van der Waals surface area contributed by atoms with Crippen LogP contribution in [0.15, 0.2) is 11.2 Å². The molecule has 0 aromatic carbocycles. The van der Waals surface area contributed by atoms with Gasteiger partial charge in [-0.25, -0.2) is 4.98 Å². The topological polar surface area (TPSA) is 61.8 Å². The zero-order chi connectivity index (χ0) is 18.2. The van der Waals surface area contributed by atoms with Gasteiger partial charge in [-0.15, -0.1) is 35.3 Å². The second-order valence-electron chi connectivity index (χ2n) is 7.21. The number of hydrogen-bond donors (Lipinski definition) is 2. The number of halogens is 1. The molecule has 0 atom stereocenters. The van der Waals surface area contributed by atoms with Gasteiger partial charge in [-0.1, -0.05) is 6.92 Å². The van der Waals surface area contributed by atoms with E-state index < -0.39 is 0 Å². The number of rotatable bonds is 7. The number of aryl methyl sites for hydroxylation is 1. The summed E-state index contributed by atoms with van der Waals surface area (Å²) in [5.41, 5.74) is 0.220. The molecule has 2 N–H and O–H groups in total. The molecule has 154 valence electrons. The Morgan fingerprint density at radius 3 is 2.67 bits per heavy atom. The molecule has 0 amide bonds. The van der Waals surface area contributed by atoms with E-state index in [0.717, 1.165) is 57.9 Å². The summed E-state index contributed by atoms with van der Waals surface area (Å²) in [6.07, 6.45) is 8.86. The molecule has 0 bridgehead atoms. The average Bonchev–Trinajstić information content (AvgIpc) is 3.37. The van der Waals surface area contributed by atoms with Gasteiger partial charge in [-0.2, -0.15) is 0 Å². The van der Waals surface area contributed by atoms with Crippen molar-refractivity contribution in [2.75, 3.05) is 46.4 Å². The number of hydrogen-bond acceptors (Lipinski definition) is 5. The van der Waals surface area contributed by atoms with Crippen molar-refractivity contribution in [3.8, 4) is 0 Å². The van der Waals surface area contributed by atoms with Gasteiger partial charge in [0.1, 0.15) is 0 Å². The minimum Gasteiger partial charge on any atom is -0.381 e. The largest absolute Gasteiger partial charge is 0.381 e. The molecular weight excluding hydrogens is 473 g/mol. The lowest BCUT2D eigenvalue weighted by atomic mass is 9.88. The molecule has 2 aliphatic heterocycles. The summed E-state index contributed by atoms with van der Waals surface area (Å²) in [5, 5.41) is 8.23. The number of aromatic nitrogens is 1. The first-order valence-electron chi connectivity index (χ1n) is 9.96. The van der Waals surface area contributed by atoms with E-state index in [9.17, 15) is 0 Å². The van der Waals surface area contributed by atoms with Crippen LogP contribution >= 0.6 is 35.3 Å². The Morgan fingerprint density at radius 2 is 2.04 bits per heavy atom. The number of ether oxygens (including phenoxy) is 1. The Bertz CT molecular complexity index is 582. The van der Waals surface area contributed by atoms with Crippen molar-refractivity contribution in [1.29, 1.82) is 0 Å². The third kappa shape index (κ3) is 6.27. The molecular formula is C19H34IN5OS. The Kier molecular flexibility index (Phi) is 9.75. The summed E-state index contributed by atoms with van der Waals surface area (Å²) < 4.78 is 5.64. The van der Waals surface area contributed by atoms with Crippen LogP contribution in [-0.2, 0) is 17.6 Å². The zero-order valence-corrected chi connectivity index (χ0v) is 19.8. The summed E-state index contributed by atoms with van der Waals surface area (Å²) in [5.74, 6) is 0.891. The van der Waals surface area contributed by atoms with Crippen LogP contribution in [0, 0.1) is 0 Å². The molecule has 0 aliphatic carbocycles. The zero-order valence-electron chi connectivity index (χ0n) is 16.6. The van der Waals surface area contributed by atoms with E-state index in [0.29, 0.717) is 0 Å².